The van der Waals surface area contributed by atoms with Crippen molar-refractivity contribution in [3.05, 3.63) is 58.0 Å². The lowest BCUT2D eigenvalue weighted by Crippen LogP contribution is -1.92. The molecule has 0 aliphatic carbocycles. The molecule has 0 radical (unpaired) electrons. The molecule has 1 heterocycles. The van der Waals surface area contributed by atoms with E-state index in [1.165, 1.54) is 23.9 Å². The van der Waals surface area contributed by atoms with Crippen LogP contribution in [0.25, 0.3) is 0 Å². The highest BCUT2D eigenvalue weighted by Gasteiger charge is 2.10. The Kier molecular flexibility index (Phi) is 3.96. The van der Waals surface area contributed by atoms with E-state index in [0.717, 1.165) is 11.0 Å². The Hall–Kier alpha value is -2.15. The van der Waals surface area contributed by atoms with Crippen molar-refractivity contribution in [2.75, 3.05) is 5.73 Å². The summed E-state index contributed by atoms with van der Waals surface area (Å²) in [6.45, 7) is 0. The number of non-ortho nitro benzene ring substituents is 1. The average molecular weight is 279 g/mol. The van der Waals surface area contributed by atoms with Gasteiger partial charge in [-0.05, 0) is 23.8 Å². The fourth-order valence-corrected chi connectivity index (χ4v) is 2.26. The molecule has 0 amide bonds. The number of nitrogens with zero attached hydrogens (tertiary/aromatic N) is 2. The summed E-state index contributed by atoms with van der Waals surface area (Å²) in [5.41, 5.74) is 5.77. The van der Waals surface area contributed by atoms with Gasteiger partial charge in [-0.25, -0.2) is 9.37 Å². The average Bonchev–Trinajstić information content (AvgIpc) is 2.37. The highest BCUT2D eigenvalue weighted by molar-refractivity contribution is 7.98. The van der Waals surface area contributed by atoms with E-state index < -0.39 is 10.7 Å². The van der Waals surface area contributed by atoms with Gasteiger partial charge in [-0.3, -0.25) is 10.1 Å². The molecule has 98 valence electrons. The Bertz CT molecular complexity index is 604. The van der Waals surface area contributed by atoms with E-state index in [4.69, 9.17) is 5.73 Å². The van der Waals surface area contributed by atoms with Gasteiger partial charge in [-0.1, -0.05) is 0 Å². The quantitative estimate of drug-likeness (QED) is 0.528. The number of nitro benzene ring substituents is 1. The van der Waals surface area contributed by atoms with Gasteiger partial charge in [0.1, 0.15) is 11.6 Å². The minimum Gasteiger partial charge on any atom is -0.384 e. The number of nitrogen functional groups attached to an aromatic ring is 1. The van der Waals surface area contributed by atoms with Crippen molar-refractivity contribution in [2.24, 2.45) is 0 Å². The highest BCUT2D eigenvalue weighted by Crippen LogP contribution is 2.25. The molecule has 19 heavy (non-hydrogen) atoms. The van der Waals surface area contributed by atoms with Gasteiger partial charge in [-0.2, -0.15) is 0 Å². The maximum absolute atomic E-state index is 13.2. The molecule has 2 aromatic rings. The zero-order valence-electron chi connectivity index (χ0n) is 9.75. The number of halogens is 1. The molecule has 0 saturated carbocycles. The molecule has 0 unspecified atom stereocenters. The van der Waals surface area contributed by atoms with Crippen molar-refractivity contribution in [2.45, 2.75) is 10.6 Å². The maximum atomic E-state index is 13.2. The summed E-state index contributed by atoms with van der Waals surface area (Å²) >= 11 is 1.40. The summed E-state index contributed by atoms with van der Waals surface area (Å²) in [4.78, 5) is 14.8. The van der Waals surface area contributed by atoms with Crippen molar-refractivity contribution in [3.8, 4) is 0 Å². The van der Waals surface area contributed by atoms with E-state index in [2.05, 4.69) is 4.98 Å². The minimum atomic E-state index is -0.611. The molecule has 0 aliphatic heterocycles. The molecule has 0 saturated heterocycles. The first-order valence-corrected chi connectivity index (χ1v) is 6.31. The second-order valence-electron chi connectivity index (χ2n) is 3.78. The van der Waals surface area contributed by atoms with Crippen LogP contribution in [0.1, 0.15) is 5.56 Å². The summed E-state index contributed by atoms with van der Waals surface area (Å²) in [7, 11) is 0. The third-order valence-electron chi connectivity index (χ3n) is 2.32. The van der Waals surface area contributed by atoms with E-state index in [1.807, 2.05) is 0 Å². The SMILES string of the molecule is Nc1ccc(SCc2cc(F)cc([N+](=O)[O-])c2)cn1. The molecule has 7 heteroatoms. The lowest BCUT2D eigenvalue weighted by atomic mass is 10.2. The Balaban J connectivity index is 2.11. The van der Waals surface area contributed by atoms with Crippen LogP contribution in [0.5, 0.6) is 0 Å². The third kappa shape index (κ3) is 3.65. The van der Waals surface area contributed by atoms with E-state index in [1.54, 1.807) is 18.3 Å². The second kappa shape index (κ2) is 5.66. The predicted octanol–water partition coefficient (Wildman–Crippen LogP) is 3.00. The summed E-state index contributed by atoms with van der Waals surface area (Å²) in [5, 5.41) is 10.6. The second-order valence-corrected chi connectivity index (χ2v) is 4.83. The Labute approximate surface area is 112 Å². The first kappa shape index (κ1) is 13.3. The first-order valence-electron chi connectivity index (χ1n) is 5.33. The van der Waals surface area contributed by atoms with Crippen molar-refractivity contribution in [3.63, 3.8) is 0 Å². The minimum absolute atomic E-state index is 0.244. The van der Waals surface area contributed by atoms with Gasteiger partial charge >= 0.3 is 0 Å². The fraction of sp³-hybridized carbons (Fsp3) is 0.0833. The number of thioether (sulfide) groups is 1. The maximum Gasteiger partial charge on any atom is 0.272 e. The number of hydrogen-bond donors (Lipinski definition) is 1. The van der Waals surface area contributed by atoms with Gasteiger partial charge in [-0.15, -0.1) is 11.8 Å². The lowest BCUT2D eigenvalue weighted by Gasteiger charge is -2.03. The van der Waals surface area contributed by atoms with Gasteiger partial charge in [0, 0.05) is 22.9 Å². The number of aromatic nitrogens is 1. The molecule has 1 aromatic carbocycles. The molecule has 0 fully saturated rings. The van der Waals surface area contributed by atoms with E-state index >= 15 is 0 Å². The van der Waals surface area contributed by atoms with Crippen LogP contribution < -0.4 is 5.73 Å². The molecule has 5 nitrogen and oxygen atoms in total. The molecule has 0 spiro atoms. The molecule has 0 atom stereocenters. The van der Waals surface area contributed by atoms with E-state index in [0.29, 0.717) is 17.1 Å². The standard InChI is InChI=1S/C12H10FN3O2S/c13-9-3-8(4-10(5-9)16(17)18)7-19-11-1-2-12(14)15-6-11/h1-6H,7H2,(H2,14,15). The van der Waals surface area contributed by atoms with Crippen LogP contribution in [0, 0.1) is 15.9 Å². The molecule has 0 aliphatic rings. The number of nitrogens with two attached hydrogens (primary N) is 1. The summed E-state index contributed by atoms with van der Waals surface area (Å²) < 4.78 is 13.2. The van der Waals surface area contributed by atoms with Crippen molar-refractivity contribution < 1.29 is 9.31 Å². The number of nitro groups is 1. The van der Waals surface area contributed by atoms with E-state index in [-0.39, 0.29) is 5.69 Å². The van der Waals surface area contributed by atoms with Gasteiger partial charge in [0.25, 0.3) is 5.69 Å². The van der Waals surface area contributed by atoms with Gasteiger partial charge in [0.15, 0.2) is 0 Å². The molecular formula is C12H10FN3O2S. The van der Waals surface area contributed by atoms with Crippen LogP contribution in [0.3, 0.4) is 0 Å². The van der Waals surface area contributed by atoms with Crippen LogP contribution in [-0.4, -0.2) is 9.91 Å². The fourth-order valence-electron chi connectivity index (χ4n) is 1.47. The molecule has 2 rings (SSSR count). The summed E-state index contributed by atoms with van der Waals surface area (Å²) in [5.74, 6) is 0.232. The normalized spacial score (nSPS) is 10.4. The van der Waals surface area contributed by atoms with Crippen LogP contribution in [0.4, 0.5) is 15.9 Å². The Morgan fingerprint density at radius 3 is 2.79 bits per heavy atom. The smallest absolute Gasteiger partial charge is 0.272 e. The molecule has 0 bridgehead atoms. The van der Waals surface area contributed by atoms with Crippen molar-refractivity contribution >= 4 is 23.3 Å². The van der Waals surface area contributed by atoms with Crippen molar-refractivity contribution in [1.82, 2.24) is 4.98 Å². The van der Waals surface area contributed by atoms with Crippen LogP contribution in [-0.2, 0) is 5.75 Å². The monoisotopic (exact) mass is 279 g/mol. The zero-order chi connectivity index (χ0) is 13.8. The van der Waals surface area contributed by atoms with Crippen LogP contribution in [0.2, 0.25) is 0 Å². The topological polar surface area (TPSA) is 82.0 Å². The zero-order valence-corrected chi connectivity index (χ0v) is 10.6. The molecule has 1 aromatic heterocycles. The van der Waals surface area contributed by atoms with Gasteiger partial charge in [0.05, 0.1) is 11.0 Å². The summed E-state index contributed by atoms with van der Waals surface area (Å²) in [6, 6.07) is 7.00. The van der Waals surface area contributed by atoms with Crippen LogP contribution in [0.15, 0.2) is 41.4 Å². The third-order valence-corrected chi connectivity index (χ3v) is 3.37. The predicted molar refractivity (Wildman–Crippen MR) is 71.3 cm³/mol. The Morgan fingerprint density at radius 1 is 1.37 bits per heavy atom. The number of pyridine rings is 1. The number of benzene rings is 1. The number of anilines is 1. The van der Waals surface area contributed by atoms with Gasteiger partial charge in [0.2, 0.25) is 0 Å². The Morgan fingerprint density at radius 2 is 2.16 bits per heavy atom. The van der Waals surface area contributed by atoms with E-state index in [9.17, 15) is 14.5 Å². The van der Waals surface area contributed by atoms with Crippen molar-refractivity contribution in [1.29, 1.82) is 0 Å². The molecular weight excluding hydrogens is 269 g/mol. The van der Waals surface area contributed by atoms with Crippen LogP contribution >= 0.6 is 11.8 Å². The largest absolute Gasteiger partial charge is 0.384 e. The lowest BCUT2D eigenvalue weighted by molar-refractivity contribution is -0.385. The highest BCUT2D eigenvalue weighted by atomic mass is 32.2. The number of rotatable bonds is 4. The molecule has 2 N–H and O–H groups in total. The first-order chi connectivity index (χ1) is 9.04. The number of hydrogen-bond acceptors (Lipinski definition) is 5. The van der Waals surface area contributed by atoms with Gasteiger partial charge < -0.3 is 5.73 Å². The summed E-state index contributed by atoms with van der Waals surface area (Å²) in [6.07, 6.45) is 1.60.